The number of fused-ring (bicyclic) bond motifs is 1. The highest BCUT2D eigenvalue weighted by molar-refractivity contribution is 6.30. The molecule has 0 bridgehead atoms. The monoisotopic (exact) mass is 411 g/mol. The average Bonchev–Trinajstić information content (AvgIpc) is 2.74. The highest BCUT2D eigenvalue weighted by Crippen LogP contribution is 2.27. The molecule has 0 atom stereocenters. The quantitative estimate of drug-likeness (QED) is 0.490. The molecule has 7 nitrogen and oxygen atoms in total. The van der Waals surface area contributed by atoms with Crippen LogP contribution in [0.1, 0.15) is 13.3 Å². The van der Waals surface area contributed by atoms with E-state index in [9.17, 15) is 0 Å². The van der Waals surface area contributed by atoms with E-state index in [4.69, 9.17) is 21.6 Å². The molecule has 0 spiro atoms. The Labute approximate surface area is 176 Å². The van der Waals surface area contributed by atoms with Crippen LogP contribution in [0.3, 0.4) is 0 Å². The summed E-state index contributed by atoms with van der Waals surface area (Å²) in [4.78, 5) is 18.4. The molecule has 1 saturated heterocycles. The third kappa shape index (κ3) is 4.52. The van der Waals surface area contributed by atoms with Crippen LogP contribution < -0.4 is 15.3 Å². The third-order valence-corrected chi connectivity index (χ3v) is 5.29. The lowest BCUT2D eigenvalue weighted by Crippen LogP contribution is -2.45. The number of likely N-dealkylation sites (N-methyl/N-ethyl adjacent to an activating group) is 1. The summed E-state index contributed by atoms with van der Waals surface area (Å²) < 4.78 is 0. The summed E-state index contributed by atoms with van der Waals surface area (Å²) in [5.74, 6) is 1.47. The molecule has 3 heterocycles. The summed E-state index contributed by atoms with van der Waals surface area (Å²) in [6, 6.07) is 12.1. The second-order valence-electron chi connectivity index (χ2n) is 7.29. The molecule has 0 radical (unpaired) electrons. The summed E-state index contributed by atoms with van der Waals surface area (Å²) in [6.45, 7) is 6.80. The van der Waals surface area contributed by atoms with Crippen LogP contribution in [0.25, 0.3) is 10.9 Å². The first-order valence-electron chi connectivity index (χ1n) is 10.00. The standard InChI is InChI=1S/C21H26ClN7/c1-3-9-29(16-7-5-4-6-8-16)26-20-17-14-19(22)23-15-18(17)24-21(25-20)28-12-10-27(2)11-13-28/h4-8,14-15H,3,9-13H2,1-2H3,(H,24,25,26). The first kappa shape index (κ1) is 19.7. The van der Waals surface area contributed by atoms with Crippen molar-refractivity contribution in [3.63, 3.8) is 0 Å². The highest BCUT2D eigenvalue weighted by atomic mass is 35.5. The van der Waals surface area contributed by atoms with Gasteiger partial charge in [0.15, 0.2) is 5.82 Å². The minimum atomic E-state index is 0.429. The van der Waals surface area contributed by atoms with Crippen LogP contribution >= 0.6 is 11.6 Å². The van der Waals surface area contributed by atoms with Crippen molar-refractivity contribution in [1.82, 2.24) is 19.9 Å². The average molecular weight is 412 g/mol. The van der Waals surface area contributed by atoms with E-state index in [-0.39, 0.29) is 0 Å². The first-order chi connectivity index (χ1) is 14.1. The summed E-state index contributed by atoms with van der Waals surface area (Å²) in [6.07, 6.45) is 2.72. The van der Waals surface area contributed by atoms with Gasteiger partial charge in [-0.05, 0) is 31.7 Å². The lowest BCUT2D eigenvalue weighted by atomic mass is 10.2. The van der Waals surface area contributed by atoms with E-state index in [1.807, 2.05) is 24.3 Å². The van der Waals surface area contributed by atoms with E-state index in [0.29, 0.717) is 5.15 Å². The molecule has 0 saturated carbocycles. The fourth-order valence-corrected chi connectivity index (χ4v) is 3.59. The second-order valence-corrected chi connectivity index (χ2v) is 7.67. The van der Waals surface area contributed by atoms with Gasteiger partial charge in [0.1, 0.15) is 5.15 Å². The van der Waals surface area contributed by atoms with E-state index in [2.05, 4.69) is 51.3 Å². The molecule has 2 aromatic heterocycles. The number of benzene rings is 1. The van der Waals surface area contributed by atoms with Crippen LogP contribution in [0, 0.1) is 0 Å². The van der Waals surface area contributed by atoms with Crippen LogP contribution in [-0.4, -0.2) is 59.6 Å². The van der Waals surface area contributed by atoms with Crippen LogP contribution in [0.15, 0.2) is 42.6 Å². The number of anilines is 3. The van der Waals surface area contributed by atoms with Gasteiger partial charge in [0, 0.05) is 38.1 Å². The first-order valence-corrected chi connectivity index (χ1v) is 10.4. The number of aromatic nitrogens is 3. The van der Waals surface area contributed by atoms with E-state index < -0.39 is 0 Å². The fourth-order valence-electron chi connectivity index (χ4n) is 3.44. The van der Waals surface area contributed by atoms with Crippen molar-refractivity contribution in [1.29, 1.82) is 0 Å². The lowest BCUT2D eigenvalue weighted by Gasteiger charge is -2.33. The number of piperazine rings is 1. The normalized spacial score (nSPS) is 14.9. The van der Waals surface area contributed by atoms with Gasteiger partial charge in [-0.3, -0.25) is 10.4 Å². The number of halogens is 1. The second kappa shape index (κ2) is 8.80. The Morgan fingerprint density at radius 2 is 1.86 bits per heavy atom. The Bertz CT molecular complexity index is 958. The number of nitrogens with zero attached hydrogens (tertiary/aromatic N) is 6. The SMILES string of the molecule is CCCN(Nc1nc(N2CCN(C)CC2)nc2cnc(Cl)cc12)c1ccccc1. The lowest BCUT2D eigenvalue weighted by molar-refractivity contribution is 0.311. The molecule has 1 aliphatic heterocycles. The number of hydrazine groups is 1. The van der Waals surface area contributed by atoms with Gasteiger partial charge in [0.2, 0.25) is 5.95 Å². The third-order valence-electron chi connectivity index (χ3n) is 5.08. The Morgan fingerprint density at radius 3 is 2.59 bits per heavy atom. The Morgan fingerprint density at radius 1 is 1.10 bits per heavy atom. The maximum absolute atomic E-state index is 6.19. The number of para-hydroxylation sites is 1. The molecule has 0 amide bonds. The molecular formula is C21H26ClN7. The number of nitrogens with one attached hydrogen (secondary N) is 1. The molecule has 3 aromatic rings. The van der Waals surface area contributed by atoms with Gasteiger partial charge in [-0.1, -0.05) is 36.7 Å². The summed E-state index contributed by atoms with van der Waals surface area (Å²) in [5, 5.41) is 3.40. The number of hydrogen-bond donors (Lipinski definition) is 1. The molecular weight excluding hydrogens is 386 g/mol. The minimum Gasteiger partial charge on any atom is -0.338 e. The van der Waals surface area contributed by atoms with Gasteiger partial charge >= 0.3 is 0 Å². The highest BCUT2D eigenvalue weighted by Gasteiger charge is 2.20. The van der Waals surface area contributed by atoms with Crippen molar-refractivity contribution in [2.45, 2.75) is 13.3 Å². The van der Waals surface area contributed by atoms with Crippen molar-refractivity contribution in [3.8, 4) is 0 Å². The molecule has 152 valence electrons. The van der Waals surface area contributed by atoms with Crippen LogP contribution in [0.4, 0.5) is 17.5 Å². The molecule has 8 heteroatoms. The largest absolute Gasteiger partial charge is 0.338 e. The van der Waals surface area contributed by atoms with Gasteiger partial charge in [0.25, 0.3) is 0 Å². The Hall–Kier alpha value is -2.64. The zero-order chi connectivity index (χ0) is 20.2. The topological polar surface area (TPSA) is 60.4 Å². The van der Waals surface area contributed by atoms with Gasteiger partial charge in [-0.25, -0.2) is 9.97 Å². The number of pyridine rings is 1. The molecule has 1 fully saturated rings. The smallest absolute Gasteiger partial charge is 0.228 e. The van der Waals surface area contributed by atoms with E-state index in [1.54, 1.807) is 6.20 Å². The van der Waals surface area contributed by atoms with Gasteiger partial charge in [-0.2, -0.15) is 4.98 Å². The predicted octanol–water partition coefficient (Wildman–Crippen LogP) is 3.67. The molecule has 0 aliphatic carbocycles. The maximum atomic E-state index is 6.19. The fraction of sp³-hybridized carbons (Fsp3) is 0.381. The van der Waals surface area contributed by atoms with Gasteiger partial charge in [0.05, 0.1) is 17.4 Å². The molecule has 29 heavy (non-hydrogen) atoms. The van der Waals surface area contributed by atoms with E-state index >= 15 is 0 Å². The molecule has 0 unspecified atom stereocenters. The molecule has 1 aromatic carbocycles. The molecule has 1 aliphatic rings. The predicted molar refractivity (Wildman–Crippen MR) is 120 cm³/mol. The van der Waals surface area contributed by atoms with Crippen molar-refractivity contribution in [3.05, 3.63) is 47.7 Å². The Kier molecular flexibility index (Phi) is 5.97. The van der Waals surface area contributed by atoms with Crippen LogP contribution in [0.5, 0.6) is 0 Å². The van der Waals surface area contributed by atoms with Crippen molar-refractivity contribution < 1.29 is 0 Å². The van der Waals surface area contributed by atoms with Crippen molar-refractivity contribution in [2.75, 3.05) is 55.1 Å². The summed E-state index contributed by atoms with van der Waals surface area (Å²) >= 11 is 6.19. The molecule has 1 N–H and O–H groups in total. The van der Waals surface area contributed by atoms with E-state index in [0.717, 1.165) is 67.5 Å². The van der Waals surface area contributed by atoms with Crippen molar-refractivity contribution >= 4 is 40.0 Å². The van der Waals surface area contributed by atoms with Crippen LogP contribution in [0.2, 0.25) is 5.15 Å². The summed E-state index contributed by atoms with van der Waals surface area (Å²) in [5.41, 5.74) is 5.38. The zero-order valence-corrected chi connectivity index (χ0v) is 17.6. The van der Waals surface area contributed by atoms with Gasteiger partial charge in [-0.15, -0.1) is 0 Å². The number of rotatable bonds is 6. The van der Waals surface area contributed by atoms with E-state index in [1.165, 1.54) is 0 Å². The zero-order valence-electron chi connectivity index (χ0n) is 16.8. The Balaban J connectivity index is 1.73. The van der Waals surface area contributed by atoms with Crippen LogP contribution in [-0.2, 0) is 0 Å². The van der Waals surface area contributed by atoms with Gasteiger partial charge < -0.3 is 9.80 Å². The number of hydrogen-bond acceptors (Lipinski definition) is 7. The summed E-state index contributed by atoms with van der Waals surface area (Å²) in [7, 11) is 2.14. The molecule has 4 rings (SSSR count). The van der Waals surface area contributed by atoms with Crippen molar-refractivity contribution in [2.24, 2.45) is 0 Å². The minimum absolute atomic E-state index is 0.429. The maximum Gasteiger partial charge on any atom is 0.228 e.